The largest absolute Gasteiger partial charge is 0.353 e. The van der Waals surface area contributed by atoms with Gasteiger partial charge in [0.1, 0.15) is 5.82 Å². The predicted octanol–water partition coefficient (Wildman–Crippen LogP) is 1.69. The van der Waals surface area contributed by atoms with E-state index in [-0.39, 0.29) is 30.2 Å². The van der Waals surface area contributed by atoms with Crippen molar-refractivity contribution in [3.63, 3.8) is 0 Å². The van der Waals surface area contributed by atoms with Gasteiger partial charge in [0.05, 0.1) is 13.1 Å². The summed E-state index contributed by atoms with van der Waals surface area (Å²) in [6.45, 7) is 7.76. The van der Waals surface area contributed by atoms with Crippen molar-refractivity contribution in [2.24, 2.45) is 0 Å². The van der Waals surface area contributed by atoms with Crippen LogP contribution in [0, 0.1) is 5.82 Å². The topological polar surface area (TPSA) is 64.7 Å². The Balaban J connectivity index is 1.68. The number of hydrogen-bond acceptors (Lipinski definition) is 4. The van der Waals surface area contributed by atoms with E-state index in [1.54, 1.807) is 12.1 Å². The molecule has 6 nitrogen and oxygen atoms in total. The lowest BCUT2D eigenvalue weighted by molar-refractivity contribution is -0.124. The molecule has 7 heteroatoms. The zero-order chi connectivity index (χ0) is 18.9. The molecule has 0 aliphatic carbocycles. The van der Waals surface area contributed by atoms with Crippen LogP contribution in [-0.2, 0) is 9.59 Å². The van der Waals surface area contributed by atoms with Crippen molar-refractivity contribution in [3.05, 3.63) is 30.1 Å². The minimum Gasteiger partial charge on any atom is -0.353 e. The zero-order valence-corrected chi connectivity index (χ0v) is 15.6. The molecule has 1 aliphatic rings. The van der Waals surface area contributed by atoms with Crippen LogP contribution in [0.5, 0.6) is 0 Å². The summed E-state index contributed by atoms with van der Waals surface area (Å²) in [6, 6.07) is 6.08. The average Bonchev–Trinajstić information content (AvgIpc) is 2.56. The number of anilines is 1. The highest BCUT2D eigenvalue weighted by molar-refractivity contribution is 5.92. The second-order valence-electron chi connectivity index (χ2n) is 6.87. The van der Waals surface area contributed by atoms with E-state index in [0.717, 1.165) is 39.0 Å². The predicted molar refractivity (Wildman–Crippen MR) is 100 cm³/mol. The summed E-state index contributed by atoms with van der Waals surface area (Å²) in [4.78, 5) is 28.3. The Kier molecular flexibility index (Phi) is 8.00. The van der Waals surface area contributed by atoms with E-state index >= 15 is 0 Å². The monoisotopic (exact) mass is 364 g/mol. The van der Waals surface area contributed by atoms with Gasteiger partial charge in [-0.05, 0) is 31.5 Å². The van der Waals surface area contributed by atoms with Crippen LogP contribution in [0.3, 0.4) is 0 Å². The maximum atomic E-state index is 13.1. The number of hydrogen-bond donors (Lipinski definition) is 2. The molecule has 0 saturated carbocycles. The van der Waals surface area contributed by atoms with Crippen LogP contribution < -0.4 is 10.6 Å². The Labute approximate surface area is 154 Å². The van der Waals surface area contributed by atoms with Gasteiger partial charge in [-0.25, -0.2) is 4.39 Å². The number of nitrogens with zero attached hydrogens (tertiary/aromatic N) is 2. The molecular formula is C19H29FN4O2. The maximum absolute atomic E-state index is 13.1. The van der Waals surface area contributed by atoms with E-state index in [0.29, 0.717) is 12.2 Å². The molecule has 1 aromatic carbocycles. The van der Waals surface area contributed by atoms with Crippen molar-refractivity contribution in [1.29, 1.82) is 0 Å². The Bertz CT molecular complexity index is 603. The second kappa shape index (κ2) is 10.2. The van der Waals surface area contributed by atoms with Crippen LogP contribution >= 0.6 is 0 Å². The Morgan fingerprint density at radius 3 is 2.31 bits per heavy atom. The first-order valence-electron chi connectivity index (χ1n) is 9.25. The van der Waals surface area contributed by atoms with Gasteiger partial charge in [-0.1, -0.05) is 19.4 Å². The van der Waals surface area contributed by atoms with E-state index in [2.05, 4.69) is 22.5 Å². The summed E-state index contributed by atoms with van der Waals surface area (Å²) in [7, 11) is 0. The Morgan fingerprint density at radius 2 is 1.73 bits per heavy atom. The molecule has 0 aromatic heterocycles. The zero-order valence-electron chi connectivity index (χ0n) is 15.6. The van der Waals surface area contributed by atoms with Crippen molar-refractivity contribution in [2.75, 3.05) is 44.6 Å². The van der Waals surface area contributed by atoms with Crippen molar-refractivity contribution < 1.29 is 14.0 Å². The summed E-state index contributed by atoms with van der Waals surface area (Å²) < 4.78 is 13.1. The lowest BCUT2D eigenvalue weighted by Gasteiger charge is -2.34. The highest BCUT2D eigenvalue weighted by Gasteiger charge is 2.21. The highest BCUT2D eigenvalue weighted by atomic mass is 19.1. The molecule has 0 radical (unpaired) electrons. The molecule has 2 rings (SSSR count). The van der Waals surface area contributed by atoms with Crippen LogP contribution in [0.1, 0.15) is 26.7 Å². The van der Waals surface area contributed by atoms with Crippen molar-refractivity contribution in [1.82, 2.24) is 15.1 Å². The molecular weight excluding hydrogens is 335 g/mol. The van der Waals surface area contributed by atoms with E-state index in [4.69, 9.17) is 0 Å². The van der Waals surface area contributed by atoms with Gasteiger partial charge in [0.2, 0.25) is 11.8 Å². The average molecular weight is 364 g/mol. The third-order valence-corrected chi connectivity index (χ3v) is 4.44. The minimum atomic E-state index is -0.372. The number of rotatable bonds is 8. The molecule has 26 heavy (non-hydrogen) atoms. The molecule has 1 fully saturated rings. The number of nitrogens with one attached hydrogen (secondary N) is 2. The van der Waals surface area contributed by atoms with Crippen molar-refractivity contribution >= 4 is 17.5 Å². The van der Waals surface area contributed by atoms with Gasteiger partial charge in [-0.3, -0.25) is 19.4 Å². The third kappa shape index (κ3) is 7.09. The SMILES string of the molecule is CCC[C@H](C)NC(=O)CN1CCN(CC(=O)Nc2cccc(F)c2)CC1. The molecule has 1 heterocycles. The van der Waals surface area contributed by atoms with Crippen LogP contribution in [0.15, 0.2) is 24.3 Å². The number of carbonyl (C=O) groups excluding carboxylic acids is 2. The fourth-order valence-corrected chi connectivity index (χ4v) is 3.10. The number of benzene rings is 1. The van der Waals surface area contributed by atoms with Gasteiger partial charge in [0, 0.05) is 37.9 Å². The van der Waals surface area contributed by atoms with Gasteiger partial charge in [0.15, 0.2) is 0 Å². The van der Waals surface area contributed by atoms with E-state index in [9.17, 15) is 14.0 Å². The molecule has 1 aromatic rings. The number of carbonyl (C=O) groups is 2. The summed E-state index contributed by atoms with van der Waals surface area (Å²) in [5.41, 5.74) is 0.464. The second-order valence-corrected chi connectivity index (χ2v) is 6.87. The highest BCUT2D eigenvalue weighted by Crippen LogP contribution is 2.09. The van der Waals surface area contributed by atoms with Crippen LogP contribution in [0.2, 0.25) is 0 Å². The summed E-state index contributed by atoms with van der Waals surface area (Å²) in [5.74, 6) is -0.471. The first-order chi connectivity index (χ1) is 12.5. The summed E-state index contributed by atoms with van der Waals surface area (Å²) in [5, 5.41) is 5.72. The molecule has 144 valence electrons. The van der Waals surface area contributed by atoms with Gasteiger partial charge in [0.25, 0.3) is 0 Å². The third-order valence-electron chi connectivity index (χ3n) is 4.44. The summed E-state index contributed by atoms with van der Waals surface area (Å²) in [6.07, 6.45) is 2.04. The number of halogens is 1. The van der Waals surface area contributed by atoms with E-state index in [1.165, 1.54) is 12.1 Å². The smallest absolute Gasteiger partial charge is 0.238 e. The number of piperazine rings is 1. The van der Waals surface area contributed by atoms with Gasteiger partial charge in [-0.2, -0.15) is 0 Å². The number of amides is 2. The van der Waals surface area contributed by atoms with E-state index in [1.807, 2.05) is 11.8 Å². The lowest BCUT2D eigenvalue weighted by atomic mass is 10.2. The maximum Gasteiger partial charge on any atom is 0.238 e. The fourth-order valence-electron chi connectivity index (χ4n) is 3.10. The van der Waals surface area contributed by atoms with Crippen LogP contribution in [0.25, 0.3) is 0 Å². The van der Waals surface area contributed by atoms with Crippen LogP contribution in [0.4, 0.5) is 10.1 Å². The first kappa shape index (κ1) is 20.3. The molecule has 0 unspecified atom stereocenters. The molecule has 1 atom stereocenters. The Morgan fingerprint density at radius 1 is 1.12 bits per heavy atom. The quantitative estimate of drug-likeness (QED) is 0.737. The van der Waals surface area contributed by atoms with Gasteiger partial charge >= 0.3 is 0 Å². The lowest BCUT2D eigenvalue weighted by Crippen LogP contribution is -2.51. The molecule has 1 saturated heterocycles. The van der Waals surface area contributed by atoms with Gasteiger partial charge in [-0.15, -0.1) is 0 Å². The standard InChI is InChI=1S/C19H29FN4O2/c1-3-5-15(2)21-18(25)13-23-8-10-24(11-9-23)14-19(26)22-17-7-4-6-16(20)12-17/h4,6-7,12,15H,3,5,8-11,13-14H2,1-2H3,(H,21,25)(H,22,26)/t15-/m0/s1. The van der Waals surface area contributed by atoms with E-state index < -0.39 is 0 Å². The van der Waals surface area contributed by atoms with Gasteiger partial charge < -0.3 is 10.6 Å². The Hall–Kier alpha value is -1.99. The molecule has 2 N–H and O–H groups in total. The summed E-state index contributed by atoms with van der Waals surface area (Å²) >= 11 is 0. The first-order valence-corrected chi connectivity index (χ1v) is 9.25. The fraction of sp³-hybridized carbons (Fsp3) is 0.579. The van der Waals surface area contributed by atoms with Crippen molar-refractivity contribution in [3.8, 4) is 0 Å². The molecule has 0 spiro atoms. The normalized spacial score (nSPS) is 16.9. The van der Waals surface area contributed by atoms with Crippen molar-refractivity contribution in [2.45, 2.75) is 32.7 Å². The molecule has 2 amide bonds. The molecule has 0 bridgehead atoms. The molecule has 1 aliphatic heterocycles. The van der Waals surface area contributed by atoms with Crippen LogP contribution in [-0.4, -0.2) is 66.9 Å². The minimum absolute atomic E-state index is 0.0586.